The lowest BCUT2D eigenvalue weighted by molar-refractivity contribution is -0.133. The number of piperazine rings is 1. The summed E-state index contributed by atoms with van der Waals surface area (Å²) in [5.41, 5.74) is 1.86. The lowest BCUT2D eigenvalue weighted by Gasteiger charge is -2.35. The standard InChI is InChI=1S/C14H21N3O2.2C2H6/c1-11-4-3-5-13(8-15-11)17-7-6-16(9-12(2)18)10-14(17)19;2*1-2/h4-5,8,12,18H,3,6-7,9-10H2,1-2H3;2*1-2H3. The Kier molecular flexibility index (Phi) is 11.3. The molecule has 0 radical (unpaired) electrons. The molecule has 1 amide bonds. The van der Waals surface area contributed by atoms with Gasteiger partial charge in [-0.2, -0.15) is 0 Å². The molecule has 1 atom stereocenters. The van der Waals surface area contributed by atoms with Crippen molar-refractivity contribution in [1.29, 1.82) is 0 Å². The number of hydrogen-bond acceptors (Lipinski definition) is 4. The topological polar surface area (TPSA) is 56.1 Å². The number of amides is 1. The lowest BCUT2D eigenvalue weighted by Crippen LogP contribution is -2.51. The molecular weight excluding hydrogens is 290 g/mol. The van der Waals surface area contributed by atoms with E-state index in [9.17, 15) is 9.90 Å². The van der Waals surface area contributed by atoms with Crippen LogP contribution in [-0.2, 0) is 4.79 Å². The third-order valence-electron chi connectivity index (χ3n) is 3.27. The van der Waals surface area contributed by atoms with Gasteiger partial charge < -0.3 is 10.0 Å². The van der Waals surface area contributed by atoms with Gasteiger partial charge in [-0.1, -0.05) is 39.8 Å². The molecule has 2 aliphatic rings. The number of rotatable bonds is 3. The predicted octanol–water partition coefficient (Wildman–Crippen LogP) is 2.83. The summed E-state index contributed by atoms with van der Waals surface area (Å²) in [5, 5.41) is 9.37. The van der Waals surface area contributed by atoms with Gasteiger partial charge in [0.1, 0.15) is 0 Å². The lowest BCUT2D eigenvalue weighted by atomic mass is 10.2. The fourth-order valence-electron chi connectivity index (χ4n) is 2.33. The summed E-state index contributed by atoms with van der Waals surface area (Å²) < 4.78 is 0. The van der Waals surface area contributed by atoms with E-state index in [1.807, 2.05) is 51.7 Å². The van der Waals surface area contributed by atoms with E-state index < -0.39 is 6.10 Å². The number of β-amino-alcohol motifs (C(OH)–C–C–N with tert-alkyl or cyclic N) is 1. The third kappa shape index (κ3) is 7.57. The van der Waals surface area contributed by atoms with Crippen molar-refractivity contribution in [2.24, 2.45) is 4.99 Å². The van der Waals surface area contributed by atoms with Crippen molar-refractivity contribution in [2.45, 2.75) is 54.1 Å². The van der Waals surface area contributed by atoms with Gasteiger partial charge >= 0.3 is 0 Å². The van der Waals surface area contributed by atoms with Gasteiger partial charge in [-0.25, -0.2) is 0 Å². The molecule has 1 N–H and O–H groups in total. The molecule has 2 heterocycles. The van der Waals surface area contributed by atoms with Crippen LogP contribution in [0.1, 0.15) is 48.0 Å². The molecule has 0 aromatic rings. The van der Waals surface area contributed by atoms with Gasteiger partial charge in [-0.15, -0.1) is 0 Å². The molecular formula is C18H33N3O2. The zero-order valence-corrected chi connectivity index (χ0v) is 15.5. The van der Waals surface area contributed by atoms with Crippen LogP contribution < -0.4 is 0 Å². The number of aliphatic hydroxyl groups is 1. The number of nitrogens with zero attached hydrogens (tertiary/aromatic N) is 3. The monoisotopic (exact) mass is 323 g/mol. The van der Waals surface area contributed by atoms with E-state index in [0.717, 1.165) is 24.4 Å². The molecule has 0 aromatic carbocycles. The number of aliphatic hydroxyl groups excluding tert-OH is 1. The smallest absolute Gasteiger partial charge is 0.241 e. The number of hydrogen-bond donors (Lipinski definition) is 1. The van der Waals surface area contributed by atoms with E-state index in [1.54, 1.807) is 18.0 Å². The van der Waals surface area contributed by atoms with E-state index in [-0.39, 0.29) is 5.91 Å². The fraction of sp³-hybridized carbons (Fsp3) is 0.667. The van der Waals surface area contributed by atoms with Crippen LogP contribution in [0.2, 0.25) is 0 Å². The summed E-state index contributed by atoms with van der Waals surface area (Å²) in [6, 6.07) is 0. The van der Waals surface area contributed by atoms with Crippen molar-refractivity contribution >= 4 is 12.1 Å². The maximum absolute atomic E-state index is 12.2. The maximum Gasteiger partial charge on any atom is 0.241 e. The quantitative estimate of drug-likeness (QED) is 0.869. The molecule has 2 rings (SSSR count). The minimum Gasteiger partial charge on any atom is -0.392 e. The van der Waals surface area contributed by atoms with Crippen LogP contribution in [0, 0.1) is 0 Å². The second kappa shape index (κ2) is 12.0. The van der Waals surface area contributed by atoms with Crippen molar-refractivity contribution < 1.29 is 9.90 Å². The summed E-state index contributed by atoms with van der Waals surface area (Å²) in [5.74, 6) is 0.0733. The molecule has 132 valence electrons. The highest BCUT2D eigenvalue weighted by molar-refractivity contribution is 5.90. The van der Waals surface area contributed by atoms with Crippen LogP contribution in [-0.4, -0.2) is 59.3 Å². The van der Waals surface area contributed by atoms with Gasteiger partial charge in [0, 0.05) is 25.3 Å². The van der Waals surface area contributed by atoms with Crippen molar-refractivity contribution in [1.82, 2.24) is 9.80 Å². The summed E-state index contributed by atoms with van der Waals surface area (Å²) in [7, 11) is 0. The Morgan fingerprint density at radius 2 is 1.87 bits per heavy atom. The van der Waals surface area contributed by atoms with Crippen LogP contribution in [0.4, 0.5) is 0 Å². The molecule has 1 saturated heterocycles. The SMILES string of the molecule is CC.CC.CC1=CCC=C(N2CCN(CC(C)O)CC2=O)C=N1. The Bertz CT molecular complexity index is 440. The molecule has 23 heavy (non-hydrogen) atoms. The van der Waals surface area contributed by atoms with Gasteiger partial charge in [-0.05, 0) is 20.3 Å². The van der Waals surface area contributed by atoms with Crippen LogP contribution in [0.3, 0.4) is 0 Å². The van der Waals surface area contributed by atoms with E-state index in [1.165, 1.54) is 0 Å². The van der Waals surface area contributed by atoms with Gasteiger partial charge in [0.2, 0.25) is 5.91 Å². The van der Waals surface area contributed by atoms with Gasteiger partial charge in [0.05, 0.1) is 24.6 Å². The van der Waals surface area contributed by atoms with Crippen LogP contribution in [0.5, 0.6) is 0 Å². The van der Waals surface area contributed by atoms with Crippen LogP contribution in [0.25, 0.3) is 0 Å². The van der Waals surface area contributed by atoms with Gasteiger partial charge in [0.25, 0.3) is 0 Å². The first kappa shape index (κ1) is 21.5. The second-order valence-electron chi connectivity index (χ2n) is 5.10. The average Bonchev–Trinajstić information content (AvgIpc) is 2.76. The Labute approximate surface area is 141 Å². The summed E-state index contributed by atoms with van der Waals surface area (Å²) in [4.78, 5) is 20.2. The zero-order valence-electron chi connectivity index (χ0n) is 15.5. The molecule has 0 bridgehead atoms. The second-order valence-corrected chi connectivity index (χ2v) is 5.10. The van der Waals surface area contributed by atoms with Crippen molar-refractivity contribution in [3.63, 3.8) is 0 Å². The highest BCUT2D eigenvalue weighted by atomic mass is 16.3. The highest BCUT2D eigenvalue weighted by Gasteiger charge is 2.26. The number of aliphatic imine (C=N–C) groups is 1. The molecule has 0 aromatic heterocycles. The van der Waals surface area contributed by atoms with E-state index in [4.69, 9.17) is 0 Å². The van der Waals surface area contributed by atoms with Crippen molar-refractivity contribution in [3.8, 4) is 0 Å². The number of carbonyl (C=O) groups is 1. The summed E-state index contributed by atoms with van der Waals surface area (Å²) in [6.45, 7) is 14.0. The molecule has 0 aliphatic carbocycles. The zero-order chi connectivity index (χ0) is 17.8. The van der Waals surface area contributed by atoms with Crippen molar-refractivity contribution in [3.05, 3.63) is 23.5 Å². The highest BCUT2D eigenvalue weighted by Crippen LogP contribution is 2.14. The molecule has 1 unspecified atom stereocenters. The minimum absolute atomic E-state index is 0.0733. The Morgan fingerprint density at radius 1 is 1.22 bits per heavy atom. The minimum atomic E-state index is -0.398. The Hall–Kier alpha value is -1.46. The third-order valence-corrected chi connectivity index (χ3v) is 3.27. The van der Waals surface area contributed by atoms with Gasteiger partial charge in [-0.3, -0.25) is 14.7 Å². The van der Waals surface area contributed by atoms with Gasteiger partial charge in [0.15, 0.2) is 0 Å². The first-order valence-electron chi connectivity index (χ1n) is 8.68. The molecule has 5 nitrogen and oxygen atoms in total. The first-order chi connectivity index (χ1) is 11.1. The fourth-order valence-corrected chi connectivity index (χ4v) is 2.33. The van der Waals surface area contributed by atoms with Crippen LogP contribution >= 0.6 is 0 Å². The van der Waals surface area contributed by atoms with E-state index in [0.29, 0.717) is 19.6 Å². The number of carbonyl (C=O) groups excluding carboxylic acids is 1. The summed E-state index contributed by atoms with van der Waals surface area (Å²) >= 11 is 0. The maximum atomic E-state index is 12.2. The van der Waals surface area contributed by atoms with E-state index >= 15 is 0 Å². The first-order valence-corrected chi connectivity index (χ1v) is 8.68. The largest absolute Gasteiger partial charge is 0.392 e. The normalized spacial score (nSPS) is 19.4. The van der Waals surface area contributed by atoms with Crippen molar-refractivity contribution in [2.75, 3.05) is 26.2 Å². The molecule has 0 saturated carbocycles. The van der Waals surface area contributed by atoms with E-state index in [2.05, 4.69) is 4.99 Å². The summed E-state index contributed by atoms with van der Waals surface area (Å²) in [6.07, 6.45) is 6.24. The number of allylic oxidation sites excluding steroid dienone is 4. The Balaban J connectivity index is 0.00000112. The molecule has 5 heteroatoms. The molecule has 1 fully saturated rings. The predicted molar refractivity (Wildman–Crippen MR) is 97.5 cm³/mol. The molecule has 2 aliphatic heterocycles. The average molecular weight is 323 g/mol. The Morgan fingerprint density at radius 3 is 2.43 bits per heavy atom. The van der Waals surface area contributed by atoms with Crippen LogP contribution in [0.15, 0.2) is 28.5 Å². The molecule has 0 spiro atoms.